The second kappa shape index (κ2) is 5.98. The fraction of sp³-hybridized carbons (Fsp3) is 0.389. The minimum absolute atomic E-state index is 0.304. The Bertz CT molecular complexity index is 640. The predicted octanol–water partition coefficient (Wildman–Crippen LogP) is 2.99. The van der Waals surface area contributed by atoms with Gasteiger partial charge in [-0.05, 0) is 50.9 Å². The van der Waals surface area contributed by atoms with Crippen molar-refractivity contribution in [1.29, 1.82) is 0 Å². The molecule has 0 bridgehead atoms. The first kappa shape index (κ1) is 16.0. The van der Waals surface area contributed by atoms with Crippen molar-refractivity contribution in [3.63, 3.8) is 0 Å². The molecule has 1 saturated heterocycles. The Balaban J connectivity index is 1.64. The minimum Gasteiger partial charge on any atom is -0.399 e. The molecule has 2 heterocycles. The summed E-state index contributed by atoms with van der Waals surface area (Å²) in [5.41, 5.74) is 2.71. The molecule has 0 unspecified atom stereocenters. The number of aromatic nitrogens is 1. The van der Waals surface area contributed by atoms with Crippen molar-refractivity contribution in [2.75, 3.05) is 5.32 Å². The van der Waals surface area contributed by atoms with Gasteiger partial charge in [-0.2, -0.15) is 0 Å². The summed E-state index contributed by atoms with van der Waals surface area (Å²) in [5.74, 6) is 0. The van der Waals surface area contributed by atoms with Gasteiger partial charge in [0.15, 0.2) is 0 Å². The third-order valence-electron chi connectivity index (χ3n) is 4.68. The molecule has 0 radical (unpaired) electrons. The normalized spacial score (nSPS) is 18.9. The van der Waals surface area contributed by atoms with Crippen molar-refractivity contribution >= 4 is 18.3 Å². The van der Waals surface area contributed by atoms with Gasteiger partial charge in [-0.1, -0.05) is 24.3 Å². The first-order valence-corrected chi connectivity index (χ1v) is 7.96. The third kappa shape index (κ3) is 3.41. The average molecular weight is 310 g/mol. The highest BCUT2D eigenvalue weighted by Gasteiger charge is 2.51. The zero-order chi connectivity index (χ0) is 16.5. The molecule has 4 nitrogen and oxygen atoms in total. The molecule has 0 saturated carbocycles. The van der Waals surface area contributed by atoms with Crippen molar-refractivity contribution in [3.8, 4) is 0 Å². The van der Waals surface area contributed by atoms with Crippen LogP contribution in [0.15, 0.2) is 48.8 Å². The maximum atomic E-state index is 6.07. The maximum Gasteiger partial charge on any atom is 0.494 e. The zero-order valence-electron chi connectivity index (χ0n) is 14.2. The summed E-state index contributed by atoms with van der Waals surface area (Å²) >= 11 is 0. The molecule has 23 heavy (non-hydrogen) atoms. The van der Waals surface area contributed by atoms with E-state index in [2.05, 4.69) is 62.3 Å². The first-order valence-electron chi connectivity index (χ1n) is 7.96. The second-order valence-corrected chi connectivity index (χ2v) is 6.92. The Labute approximate surface area is 138 Å². The van der Waals surface area contributed by atoms with Gasteiger partial charge in [0.2, 0.25) is 0 Å². The van der Waals surface area contributed by atoms with Crippen LogP contribution in [0.2, 0.25) is 0 Å². The van der Waals surface area contributed by atoms with Crippen molar-refractivity contribution in [2.24, 2.45) is 0 Å². The van der Waals surface area contributed by atoms with Crippen LogP contribution in [0.1, 0.15) is 33.3 Å². The SMILES string of the molecule is CC1(C)OB(c2ccc(CNc3ccncc3)cc2)OC1(C)C. The molecule has 1 N–H and O–H groups in total. The largest absolute Gasteiger partial charge is 0.494 e. The van der Waals surface area contributed by atoms with E-state index in [9.17, 15) is 0 Å². The third-order valence-corrected chi connectivity index (χ3v) is 4.68. The molecule has 1 aliphatic heterocycles. The average Bonchev–Trinajstić information content (AvgIpc) is 2.75. The van der Waals surface area contributed by atoms with Crippen LogP contribution in [0.3, 0.4) is 0 Å². The van der Waals surface area contributed by atoms with Gasteiger partial charge in [-0.3, -0.25) is 4.98 Å². The second-order valence-electron chi connectivity index (χ2n) is 6.92. The fourth-order valence-electron chi connectivity index (χ4n) is 2.45. The lowest BCUT2D eigenvalue weighted by molar-refractivity contribution is 0.00578. The lowest BCUT2D eigenvalue weighted by Crippen LogP contribution is -2.41. The minimum atomic E-state index is -0.306. The van der Waals surface area contributed by atoms with E-state index in [1.165, 1.54) is 5.56 Å². The molecule has 0 aliphatic carbocycles. The van der Waals surface area contributed by atoms with Crippen LogP contribution in [0.25, 0.3) is 0 Å². The topological polar surface area (TPSA) is 43.4 Å². The quantitative estimate of drug-likeness (QED) is 0.882. The number of anilines is 1. The van der Waals surface area contributed by atoms with E-state index >= 15 is 0 Å². The Morgan fingerprint density at radius 2 is 1.48 bits per heavy atom. The van der Waals surface area contributed by atoms with Gasteiger partial charge in [-0.25, -0.2) is 0 Å². The molecule has 1 aromatic carbocycles. The molecule has 5 heteroatoms. The Morgan fingerprint density at radius 1 is 0.913 bits per heavy atom. The van der Waals surface area contributed by atoms with Crippen LogP contribution in [0, 0.1) is 0 Å². The Morgan fingerprint density at radius 3 is 2.04 bits per heavy atom. The Hall–Kier alpha value is -1.85. The molecule has 120 valence electrons. The monoisotopic (exact) mass is 310 g/mol. The summed E-state index contributed by atoms with van der Waals surface area (Å²) in [4.78, 5) is 4.01. The zero-order valence-corrected chi connectivity index (χ0v) is 14.2. The highest BCUT2D eigenvalue weighted by atomic mass is 16.7. The van der Waals surface area contributed by atoms with E-state index in [-0.39, 0.29) is 18.3 Å². The summed E-state index contributed by atoms with van der Waals surface area (Å²) in [6.45, 7) is 9.05. The summed E-state index contributed by atoms with van der Waals surface area (Å²) in [6.07, 6.45) is 3.56. The molecule has 0 amide bonds. The number of pyridine rings is 1. The summed E-state index contributed by atoms with van der Waals surface area (Å²) in [5, 5.41) is 3.37. The van der Waals surface area contributed by atoms with Gasteiger partial charge < -0.3 is 14.6 Å². The van der Waals surface area contributed by atoms with Gasteiger partial charge in [0.1, 0.15) is 0 Å². The smallest absolute Gasteiger partial charge is 0.399 e. The number of hydrogen-bond donors (Lipinski definition) is 1. The highest BCUT2D eigenvalue weighted by Crippen LogP contribution is 2.36. The van der Waals surface area contributed by atoms with Gasteiger partial charge in [-0.15, -0.1) is 0 Å². The number of nitrogens with one attached hydrogen (secondary N) is 1. The van der Waals surface area contributed by atoms with Gasteiger partial charge in [0.25, 0.3) is 0 Å². The molecule has 0 atom stereocenters. The van der Waals surface area contributed by atoms with Gasteiger partial charge >= 0.3 is 7.12 Å². The van der Waals surface area contributed by atoms with Gasteiger partial charge in [0.05, 0.1) is 11.2 Å². The molecule has 1 fully saturated rings. The maximum absolute atomic E-state index is 6.07. The predicted molar refractivity (Wildman–Crippen MR) is 93.7 cm³/mol. The Kier molecular flexibility index (Phi) is 4.17. The first-order chi connectivity index (χ1) is 10.9. The van der Waals surface area contributed by atoms with Crippen LogP contribution in [-0.4, -0.2) is 23.3 Å². The van der Waals surface area contributed by atoms with E-state index in [4.69, 9.17) is 9.31 Å². The van der Waals surface area contributed by atoms with Crippen molar-refractivity contribution < 1.29 is 9.31 Å². The van der Waals surface area contributed by atoms with Crippen LogP contribution in [0.5, 0.6) is 0 Å². The summed E-state index contributed by atoms with van der Waals surface area (Å²) in [7, 11) is -0.304. The number of nitrogens with zero attached hydrogens (tertiary/aromatic N) is 1. The van der Waals surface area contributed by atoms with E-state index in [0.717, 1.165) is 17.7 Å². The van der Waals surface area contributed by atoms with Crippen molar-refractivity contribution in [3.05, 3.63) is 54.4 Å². The van der Waals surface area contributed by atoms with Crippen molar-refractivity contribution in [2.45, 2.75) is 45.4 Å². The molecule has 0 spiro atoms. The number of rotatable bonds is 4. The number of benzene rings is 1. The van der Waals surface area contributed by atoms with E-state index in [0.29, 0.717) is 0 Å². The molecule has 2 aromatic rings. The van der Waals surface area contributed by atoms with Crippen LogP contribution >= 0.6 is 0 Å². The summed E-state index contributed by atoms with van der Waals surface area (Å²) < 4.78 is 12.1. The molecule has 3 rings (SSSR count). The van der Waals surface area contributed by atoms with Crippen LogP contribution in [-0.2, 0) is 15.9 Å². The lowest BCUT2D eigenvalue weighted by atomic mass is 9.79. The molecule has 1 aliphatic rings. The van der Waals surface area contributed by atoms with Crippen LogP contribution in [0.4, 0.5) is 5.69 Å². The standard InChI is InChI=1S/C18H23BN2O2/c1-17(2)18(3,4)23-19(22-17)15-7-5-14(6-8-15)13-21-16-9-11-20-12-10-16/h5-12H,13H2,1-4H3,(H,20,21). The van der Waals surface area contributed by atoms with Crippen molar-refractivity contribution in [1.82, 2.24) is 4.98 Å². The van der Waals surface area contributed by atoms with E-state index in [1.54, 1.807) is 12.4 Å². The molecular formula is C18H23BN2O2. The van der Waals surface area contributed by atoms with Crippen LogP contribution < -0.4 is 10.8 Å². The molecule has 1 aromatic heterocycles. The molecular weight excluding hydrogens is 287 g/mol. The number of hydrogen-bond acceptors (Lipinski definition) is 4. The van der Waals surface area contributed by atoms with E-state index in [1.807, 2.05) is 12.1 Å². The fourth-order valence-corrected chi connectivity index (χ4v) is 2.45. The summed E-state index contributed by atoms with van der Waals surface area (Å²) in [6, 6.07) is 12.3. The highest BCUT2D eigenvalue weighted by molar-refractivity contribution is 6.62. The lowest BCUT2D eigenvalue weighted by Gasteiger charge is -2.32. The van der Waals surface area contributed by atoms with E-state index < -0.39 is 0 Å². The van der Waals surface area contributed by atoms with Gasteiger partial charge in [0, 0.05) is 24.6 Å².